The van der Waals surface area contributed by atoms with Gasteiger partial charge in [-0.25, -0.2) is 4.99 Å². The average Bonchev–Trinajstić information content (AvgIpc) is 2.86. The van der Waals surface area contributed by atoms with Crippen LogP contribution in [0, 0.1) is 0 Å². The number of aliphatic hydroxyl groups is 1. The number of halogens is 1. The van der Waals surface area contributed by atoms with Gasteiger partial charge in [0.15, 0.2) is 5.96 Å². The highest BCUT2D eigenvalue weighted by Crippen LogP contribution is 2.32. The molecule has 2 aromatic rings. The van der Waals surface area contributed by atoms with E-state index in [1.807, 2.05) is 6.07 Å². The molecule has 0 atom stereocenters. The SMILES string of the molecule is NC(N)=NC(N)=Nc1ccc(-c2ccc(CO)o2)c(Br)c1. The molecule has 1 aromatic heterocycles. The number of aliphatic hydroxyl groups excluding tert-OH is 1. The number of furan rings is 1. The molecule has 0 aliphatic heterocycles. The summed E-state index contributed by atoms with van der Waals surface area (Å²) in [5.74, 6) is 0.948. The zero-order valence-corrected chi connectivity index (χ0v) is 12.5. The summed E-state index contributed by atoms with van der Waals surface area (Å²) in [5, 5.41) is 9.01. The lowest BCUT2D eigenvalue weighted by Gasteiger charge is -2.03. The van der Waals surface area contributed by atoms with Crippen molar-refractivity contribution in [2.45, 2.75) is 6.61 Å². The number of aliphatic imine (C=N–C) groups is 2. The summed E-state index contributed by atoms with van der Waals surface area (Å²) in [6, 6.07) is 8.81. The first-order valence-electron chi connectivity index (χ1n) is 5.93. The average molecular weight is 352 g/mol. The molecule has 21 heavy (non-hydrogen) atoms. The van der Waals surface area contributed by atoms with Crippen molar-refractivity contribution < 1.29 is 9.52 Å². The second-order valence-electron chi connectivity index (χ2n) is 4.09. The van der Waals surface area contributed by atoms with Crippen molar-refractivity contribution in [2.24, 2.45) is 27.2 Å². The highest BCUT2D eigenvalue weighted by atomic mass is 79.9. The van der Waals surface area contributed by atoms with Crippen molar-refractivity contribution >= 4 is 33.5 Å². The minimum Gasteiger partial charge on any atom is -0.459 e. The molecule has 0 fully saturated rings. The molecule has 8 heteroatoms. The van der Waals surface area contributed by atoms with Crippen LogP contribution in [0.25, 0.3) is 11.3 Å². The lowest BCUT2D eigenvalue weighted by atomic mass is 10.1. The van der Waals surface area contributed by atoms with E-state index in [-0.39, 0.29) is 18.5 Å². The largest absolute Gasteiger partial charge is 0.459 e. The molecule has 0 spiro atoms. The zero-order valence-electron chi connectivity index (χ0n) is 11.0. The zero-order chi connectivity index (χ0) is 15.4. The Kier molecular flexibility index (Phi) is 4.61. The first kappa shape index (κ1) is 15.1. The van der Waals surface area contributed by atoms with E-state index in [2.05, 4.69) is 25.9 Å². The molecular formula is C13H14BrN5O2. The Hall–Kier alpha value is -2.32. The fourth-order valence-electron chi connectivity index (χ4n) is 1.67. The third-order valence-corrected chi connectivity index (χ3v) is 3.18. The predicted molar refractivity (Wildman–Crippen MR) is 84.9 cm³/mol. The molecule has 0 bridgehead atoms. The number of rotatable bonds is 3. The van der Waals surface area contributed by atoms with Crippen LogP contribution in [0.1, 0.15) is 5.76 Å². The van der Waals surface area contributed by atoms with Gasteiger partial charge in [0.05, 0.1) is 5.69 Å². The monoisotopic (exact) mass is 351 g/mol. The fourth-order valence-corrected chi connectivity index (χ4v) is 2.23. The van der Waals surface area contributed by atoms with Gasteiger partial charge >= 0.3 is 0 Å². The summed E-state index contributed by atoms with van der Waals surface area (Å²) in [5.41, 5.74) is 17.4. The van der Waals surface area contributed by atoms with Gasteiger partial charge in [-0.1, -0.05) is 0 Å². The van der Waals surface area contributed by atoms with Crippen LogP contribution in [-0.2, 0) is 6.61 Å². The second kappa shape index (κ2) is 6.42. The summed E-state index contributed by atoms with van der Waals surface area (Å²) in [7, 11) is 0. The maximum Gasteiger partial charge on any atom is 0.223 e. The predicted octanol–water partition coefficient (Wildman–Crippen LogP) is 1.42. The molecule has 0 saturated carbocycles. The molecule has 1 aromatic carbocycles. The van der Waals surface area contributed by atoms with Gasteiger partial charge < -0.3 is 26.7 Å². The highest BCUT2D eigenvalue weighted by molar-refractivity contribution is 9.10. The van der Waals surface area contributed by atoms with E-state index in [4.69, 9.17) is 26.7 Å². The first-order valence-corrected chi connectivity index (χ1v) is 6.72. The molecule has 0 amide bonds. The van der Waals surface area contributed by atoms with Crippen LogP contribution in [-0.4, -0.2) is 17.0 Å². The lowest BCUT2D eigenvalue weighted by Crippen LogP contribution is -2.26. The number of guanidine groups is 2. The second-order valence-corrected chi connectivity index (χ2v) is 4.95. The summed E-state index contributed by atoms with van der Waals surface area (Å²) in [6.07, 6.45) is 0. The molecular weight excluding hydrogens is 338 g/mol. The maximum atomic E-state index is 9.01. The van der Waals surface area contributed by atoms with Gasteiger partial charge in [0.2, 0.25) is 5.96 Å². The van der Waals surface area contributed by atoms with Crippen LogP contribution < -0.4 is 17.2 Å². The van der Waals surface area contributed by atoms with Gasteiger partial charge in [0.25, 0.3) is 0 Å². The van der Waals surface area contributed by atoms with E-state index in [9.17, 15) is 0 Å². The van der Waals surface area contributed by atoms with Gasteiger partial charge in [-0.3, -0.25) is 0 Å². The number of nitrogens with zero attached hydrogens (tertiary/aromatic N) is 2. The first-order chi connectivity index (χ1) is 9.99. The molecule has 0 unspecified atom stereocenters. The smallest absolute Gasteiger partial charge is 0.223 e. The van der Waals surface area contributed by atoms with E-state index in [1.165, 1.54) is 0 Å². The van der Waals surface area contributed by atoms with Crippen molar-refractivity contribution in [1.82, 2.24) is 0 Å². The quantitative estimate of drug-likeness (QED) is 0.489. The van der Waals surface area contributed by atoms with Crippen molar-refractivity contribution in [3.63, 3.8) is 0 Å². The minimum absolute atomic E-state index is 0.0322. The molecule has 0 aliphatic carbocycles. The van der Waals surface area contributed by atoms with Gasteiger partial charge in [-0.05, 0) is 46.3 Å². The van der Waals surface area contributed by atoms with Gasteiger partial charge in [-0.2, -0.15) is 4.99 Å². The Morgan fingerprint density at radius 1 is 1.19 bits per heavy atom. The summed E-state index contributed by atoms with van der Waals surface area (Å²) < 4.78 is 6.24. The number of hydrogen-bond acceptors (Lipinski definition) is 3. The van der Waals surface area contributed by atoms with Crippen LogP contribution in [0.2, 0.25) is 0 Å². The van der Waals surface area contributed by atoms with Gasteiger partial charge in [0.1, 0.15) is 18.1 Å². The Bertz CT molecular complexity index is 704. The molecule has 7 N–H and O–H groups in total. The van der Waals surface area contributed by atoms with Crippen molar-refractivity contribution in [3.8, 4) is 11.3 Å². The van der Waals surface area contributed by atoms with E-state index < -0.39 is 0 Å². The Labute approximate surface area is 129 Å². The molecule has 1 heterocycles. The normalized spacial score (nSPS) is 11.4. The van der Waals surface area contributed by atoms with Crippen molar-refractivity contribution in [2.75, 3.05) is 0 Å². The molecule has 0 saturated heterocycles. The highest BCUT2D eigenvalue weighted by Gasteiger charge is 2.09. The Morgan fingerprint density at radius 2 is 1.95 bits per heavy atom. The Balaban J connectivity index is 2.31. The number of benzene rings is 1. The van der Waals surface area contributed by atoms with Crippen molar-refractivity contribution in [3.05, 3.63) is 40.6 Å². The number of nitrogens with two attached hydrogens (primary N) is 3. The molecule has 0 aliphatic rings. The fraction of sp³-hybridized carbons (Fsp3) is 0.0769. The van der Waals surface area contributed by atoms with Crippen molar-refractivity contribution in [1.29, 1.82) is 0 Å². The van der Waals surface area contributed by atoms with E-state index in [0.29, 0.717) is 17.2 Å². The van der Waals surface area contributed by atoms with E-state index in [1.54, 1.807) is 24.3 Å². The van der Waals surface area contributed by atoms with Crippen LogP contribution in [0.15, 0.2) is 49.2 Å². The standard InChI is InChI=1S/C13H14BrN5O2/c14-10-5-7(18-13(17)19-12(15)16)1-3-9(10)11-4-2-8(6-20)21-11/h1-5,20H,6H2,(H6,15,16,17,18,19). The van der Waals surface area contributed by atoms with Gasteiger partial charge in [0, 0.05) is 10.0 Å². The molecule has 7 nitrogen and oxygen atoms in total. The van der Waals surface area contributed by atoms with Crippen LogP contribution >= 0.6 is 15.9 Å². The van der Waals surface area contributed by atoms with Gasteiger partial charge in [-0.15, -0.1) is 0 Å². The molecule has 0 radical (unpaired) electrons. The third kappa shape index (κ3) is 3.83. The Morgan fingerprint density at radius 3 is 2.52 bits per heavy atom. The summed E-state index contributed by atoms with van der Waals surface area (Å²) in [6.45, 7) is -0.144. The minimum atomic E-state index is -0.154. The van der Waals surface area contributed by atoms with Crippen LogP contribution in [0.4, 0.5) is 5.69 Å². The number of hydrogen-bond donors (Lipinski definition) is 4. The molecule has 110 valence electrons. The summed E-state index contributed by atoms with van der Waals surface area (Å²) in [4.78, 5) is 7.70. The molecule has 2 rings (SSSR count). The maximum absolute atomic E-state index is 9.01. The third-order valence-electron chi connectivity index (χ3n) is 2.52. The summed E-state index contributed by atoms with van der Waals surface area (Å²) >= 11 is 3.44. The van der Waals surface area contributed by atoms with E-state index >= 15 is 0 Å². The van der Waals surface area contributed by atoms with E-state index in [0.717, 1.165) is 10.0 Å². The topological polar surface area (TPSA) is 136 Å². The lowest BCUT2D eigenvalue weighted by molar-refractivity contribution is 0.248. The van der Waals surface area contributed by atoms with Crippen LogP contribution in [0.3, 0.4) is 0 Å². The van der Waals surface area contributed by atoms with Crippen LogP contribution in [0.5, 0.6) is 0 Å².